The highest BCUT2D eigenvalue weighted by Gasteiger charge is 2.03. The quantitative estimate of drug-likeness (QED) is 0.902. The summed E-state index contributed by atoms with van der Waals surface area (Å²) in [6, 6.07) is 10.0. The average Bonchev–Trinajstić information content (AvgIpc) is 2.38. The van der Waals surface area contributed by atoms with Gasteiger partial charge in [0, 0.05) is 11.6 Å². The first-order valence-electron chi connectivity index (χ1n) is 5.74. The van der Waals surface area contributed by atoms with Crippen molar-refractivity contribution in [1.29, 1.82) is 0 Å². The molecule has 0 radical (unpaired) electrons. The zero-order valence-corrected chi connectivity index (χ0v) is 10.1. The topological polar surface area (TPSA) is 48.1 Å². The molecule has 0 aliphatic heterocycles. The molecule has 1 unspecified atom stereocenters. The predicted molar refractivity (Wildman–Crippen MR) is 67.6 cm³/mol. The van der Waals surface area contributed by atoms with Crippen molar-refractivity contribution in [2.24, 2.45) is 5.73 Å². The SMILES string of the molecule is CC(N)c1ccc(OCc2ccccc2F)cn1. The lowest BCUT2D eigenvalue weighted by Crippen LogP contribution is -2.07. The molecule has 1 aromatic heterocycles. The Hall–Kier alpha value is -1.94. The van der Waals surface area contributed by atoms with E-state index in [4.69, 9.17) is 10.5 Å². The second-order valence-electron chi connectivity index (χ2n) is 4.09. The van der Waals surface area contributed by atoms with E-state index in [2.05, 4.69) is 4.98 Å². The molecule has 2 aromatic rings. The largest absolute Gasteiger partial charge is 0.487 e. The first-order valence-corrected chi connectivity index (χ1v) is 5.74. The molecule has 2 rings (SSSR count). The van der Waals surface area contributed by atoms with Gasteiger partial charge >= 0.3 is 0 Å². The van der Waals surface area contributed by atoms with Crippen LogP contribution >= 0.6 is 0 Å². The van der Waals surface area contributed by atoms with Gasteiger partial charge < -0.3 is 10.5 Å². The molecule has 0 saturated heterocycles. The molecule has 18 heavy (non-hydrogen) atoms. The van der Waals surface area contributed by atoms with Gasteiger partial charge in [-0.15, -0.1) is 0 Å². The summed E-state index contributed by atoms with van der Waals surface area (Å²) >= 11 is 0. The van der Waals surface area contributed by atoms with Gasteiger partial charge in [-0.3, -0.25) is 4.98 Å². The van der Waals surface area contributed by atoms with E-state index < -0.39 is 0 Å². The van der Waals surface area contributed by atoms with Gasteiger partial charge in [0.15, 0.2) is 0 Å². The third-order valence-corrected chi connectivity index (χ3v) is 2.58. The number of pyridine rings is 1. The maximum atomic E-state index is 13.4. The molecule has 0 aliphatic rings. The molecule has 1 aromatic carbocycles. The molecule has 2 N–H and O–H groups in total. The summed E-state index contributed by atoms with van der Waals surface area (Å²) in [5, 5.41) is 0. The van der Waals surface area contributed by atoms with Crippen molar-refractivity contribution in [3.8, 4) is 5.75 Å². The summed E-state index contributed by atoms with van der Waals surface area (Å²) in [5.41, 5.74) is 7.02. The van der Waals surface area contributed by atoms with Gasteiger partial charge in [0.2, 0.25) is 0 Å². The summed E-state index contributed by atoms with van der Waals surface area (Å²) in [5.74, 6) is 0.334. The van der Waals surface area contributed by atoms with Crippen molar-refractivity contribution < 1.29 is 9.13 Å². The Labute approximate surface area is 105 Å². The summed E-state index contributed by atoms with van der Waals surface area (Å²) in [7, 11) is 0. The van der Waals surface area contributed by atoms with E-state index in [0.29, 0.717) is 11.3 Å². The highest BCUT2D eigenvalue weighted by Crippen LogP contribution is 2.15. The van der Waals surface area contributed by atoms with Crippen molar-refractivity contribution in [2.45, 2.75) is 19.6 Å². The Bertz CT molecular complexity index is 511. The molecule has 94 valence electrons. The lowest BCUT2D eigenvalue weighted by Gasteiger charge is -2.08. The zero-order valence-electron chi connectivity index (χ0n) is 10.1. The van der Waals surface area contributed by atoms with Crippen LogP contribution in [-0.4, -0.2) is 4.98 Å². The second-order valence-corrected chi connectivity index (χ2v) is 4.09. The highest BCUT2D eigenvalue weighted by atomic mass is 19.1. The minimum atomic E-state index is -0.266. The van der Waals surface area contributed by atoms with Crippen LogP contribution in [0, 0.1) is 5.82 Å². The molecule has 0 amide bonds. The standard InChI is InChI=1S/C14H15FN2O/c1-10(16)14-7-6-12(8-17-14)18-9-11-4-2-3-5-13(11)15/h2-8,10H,9,16H2,1H3. The Morgan fingerprint density at radius 3 is 2.67 bits per heavy atom. The monoisotopic (exact) mass is 246 g/mol. The minimum Gasteiger partial charge on any atom is -0.487 e. The van der Waals surface area contributed by atoms with Crippen molar-refractivity contribution >= 4 is 0 Å². The molecular formula is C14H15FN2O. The van der Waals surface area contributed by atoms with Crippen LogP contribution in [0.15, 0.2) is 42.6 Å². The lowest BCUT2D eigenvalue weighted by atomic mass is 10.2. The Balaban J connectivity index is 2.00. The van der Waals surface area contributed by atoms with Crippen molar-refractivity contribution in [3.63, 3.8) is 0 Å². The van der Waals surface area contributed by atoms with Crippen LogP contribution in [0.5, 0.6) is 5.75 Å². The molecule has 0 saturated carbocycles. The number of aromatic nitrogens is 1. The molecule has 1 heterocycles. The maximum Gasteiger partial charge on any atom is 0.138 e. The smallest absolute Gasteiger partial charge is 0.138 e. The van der Waals surface area contributed by atoms with Gasteiger partial charge in [0.1, 0.15) is 18.2 Å². The summed E-state index contributed by atoms with van der Waals surface area (Å²) in [4.78, 5) is 4.17. The second kappa shape index (κ2) is 5.60. The first-order chi connectivity index (χ1) is 8.66. The van der Waals surface area contributed by atoms with E-state index in [0.717, 1.165) is 5.69 Å². The van der Waals surface area contributed by atoms with Crippen LogP contribution in [0.3, 0.4) is 0 Å². The van der Waals surface area contributed by atoms with Crippen LogP contribution in [0.25, 0.3) is 0 Å². The van der Waals surface area contributed by atoms with Gasteiger partial charge in [-0.1, -0.05) is 18.2 Å². The lowest BCUT2D eigenvalue weighted by molar-refractivity contribution is 0.298. The molecule has 0 fully saturated rings. The van der Waals surface area contributed by atoms with E-state index in [9.17, 15) is 4.39 Å². The van der Waals surface area contributed by atoms with Crippen LogP contribution in [0.4, 0.5) is 4.39 Å². The summed E-state index contributed by atoms with van der Waals surface area (Å²) in [6.45, 7) is 2.05. The molecule has 0 aliphatic carbocycles. The fourth-order valence-electron chi connectivity index (χ4n) is 1.52. The summed E-state index contributed by atoms with van der Waals surface area (Å²) in [6.07, 6.45) is 1.60. The Kier molecular flexibility index (Phi) is 3.89. The third-order valence-electron chi connectivity index (χ3n) is 2.58. The van der Waals surface area contributed by atoms with Gasteiger partial charge in [-0.05, 0) is 25.1 Å². The normalized spacial score (nSPS) is 12.2. The number of nitrogens with zero attached hydrogens (tertiary/aromatic N) is 1. The Morgan fingerprint density at radius 2 is 2.06 bits per heavy atom. The maximum absolute atomic E-state index is 13.4. The van der Waals surface area contributed by atoms with Crippen molar-refractivity contribution in [3.05, 3.63) is 59.7 Å². The number of hydrogen-bond donors (Lipinski definition) is 1. The number of halogens is 1. The van der Waals surface area contributed by atoms with E-state index in [1.54, 1.807) is 36.5 Å². The highest BCUT2D eigenvalue weighted by molar-refractivity contribution is 5.22. The molecule has 0 spiro atoms. The van der Waals surface area contributed by atoms with E-state index in [-0.39, 0.29) is 18.5 Å². The number of hydrogen-bond acceptors (Lipinski definition) is 3. The van der Waals surface area contributed by atoms with Crippen molar-refractivity contribution in [1.82, 2.24) is 4.98 Å². The first kappa shape index (κ1) is 12.5. The van der Waals surface area contributed by atoms with Gasteiger partial charge in [0.05, 0.1) is 11.9 Å². The number of benzene rings is 1. The fourth-order valence-corrected chi connectivity index (χ4v) is 1.52. The zero-order chi connectivity index (χ0) is 13.0. The van der Waals surface area contributed by atoms with Gasteiger partial charge in [0.25, 0.3) is 0 Å². The van der Waals surface area contributed by atoms with Crippen LogP contribution in [0.1, 0.15) is 24.2 Å². The van der Waals surface area contributed by atoms with E-state index in [1.807, 2.05) is 6.92 Å². The van der Waals surface area contributed by atoms with Gasteiger partial charge in [-0.2, -0.15) is 0 Å². The molecule has 3 nitrogen and oxygen atoms in total. The molecule has 4 heteroatoms. The number of rotatable bonds is 4. The number of nitrogens with two attached hydrogens (primary N) is 1. The number of ether oxygens (including phenoxy) is 1. The fraction of sp³-hybridized carbons (Fsp3) is 0.214. The third kappa shape index (κ3) is 3.05. The molecular weight excluding hydrogens is 231 g/mol. The van der Waals surface area contributed by atoms with Gasteiger partial charge in [-0.25, -0.2) is 4.39 Å². The molecule has 1 atom stereocenters. The van der Waals surface area contributed by atoms with Crippen LogP contribution in [-0.2, 0) is 6.61 Å². The predicted octanol–water partition coefficient (Wildman–Crippen LogP) is 2.82. The van der Waals surface area contributed by atoms with Crippen molar-refractivity contribution in [2.75, 3.05) is 0 Å². The summed E-state index contributed by atoms with van der Waals surface area (Å²) < 4.78 is 18.8. The average molecular weight is 246 g/mol. The van der Waals surface area contributed by atoms with Crippen LogP contribution in [0.2, 0.25) is 0 Å². The minimum absolute atomic E-state index is 0.106. The molecule has 0 bridgehead atoms. The van der Waals surface area contributed by atoms with Crippen LogP contribution < -0.4 is 10.5 Å². The van der Waals surface area contributed by atoms with E-state index >= 15 is 0 Å². The Morgan fingerprint density at radius 1 is 1.28 bits per heavy atom. The van der Waals surface area contributed by atoms with E-state index in [1.165, 1.54) is 6.07 Å².